The number of likely N-dealkylation sites (tertiary alicyclic amines) is 1. The van der Waals surface area contributed by atoms with Gasteiger partial charge < -0.3 is 19.7 Å². The number of rotatable bonds is 9. The van der Waals surface area contributed by atoms with E-state index >= 15 is 0 Å². The molecule has 0 saturated carbocycles. The van der Waals surface area contributed by atoms with E-state index in [1.54, 1.807) is 7.11 Å². The summed E-state index contributed by atoms with van der Waals surface area (Å²) in [6.45, 7) is 7.84. The van der Waals surface area contributed by atoms with Gasteiger partial charge in [0.05, 0.1) is 19.4 Å². The molecule has 0 amide bonds. The van der Waals surface area contributed by atoms with Crippen molar-refractivity contribution in [1.82, 2.24) is 20.0 Å². The second-order valence-corrected chi connectivity index (χ2v) is 6.07. The highest BCUT2D eigenvalue weighted by Crippen LogP contribution is 2.26. The van der Waals surface area contributed by atoms with Gasteiger partial charge in [0.1, 0.15) is 0 Å². The van der Waals surface area contributed by atoms with Crippen molar-refractivity contribution in [3.05, 3.63) is 18.0 Å². The van der Waals surface area contributed by atoms with Gasteiger partial charge in [-0.05, 0) is 25.3 Å². The van der Waals surface area contributed by atoms with Crippen LogP contribution in [0.1, 0.15) is 31.2 Å². The van der Waals surface area contributed by atoms with Crippen LogP contribution in [0, 0.1) is 0 Å². The Kier molecular flexibility index (Phi) is 11.1. The van der Waals surface area contributed by atoms with E-state index in [1.165, 1.54) is 5.56 Å². The van der Waals surface area contributed by atoms with Crippen LogP contribution in [0.25, 0.3) is 0 Å². The molecule has 1 aromatic rings. The molecule has 2 heterocycles. The molecule has 8 heteroatoms. The number of aryl methyl sites for hydroxylation is 1. The first kappa shape index (κ1) is 22.2. The third kappa shape index (κ3) is 7.49. The summed E-state index contributed by atoms with van der Waals surface area (Å²) in [6.07, 6.45) is 6.18. The van der Waals surface area contributed by atoms with E-state index in [9.17, 15) is 0 Å². The Labute approximate surface area is 168 Å². The molecule has 0 radical (unpaired) electrons. The van der Waals surface area contributed by atoms with Crippen LogP contribution in [0.2, 0.25) is 0 Å². The Morgan fingerprint density at radius 2 is 2.24 bits per heavy atom. The van der Waals surface area contributed by atoms with Crippen molar-refractivity contribution in [2.24, 2.45) is 12.0 Å². The van der Waals surface area contributed by atoms with E-state index in [1.807, 2.05) is 17.9 Å². The molecule has 1 atom stereocenters. The van der Waals surface area contributed by atoms with E-state index in [4.69, 9.17) is 14.5 Å². The summed E-state index contributed by atoms with van der Waals surface area (Å²) < 4.78 is 12.3. The van der Waals surface area contributed by atoms with Crippen LogP contribution >= 0.6 is 24.0 Å². The first-order valence-electron chi connectivity index (χ1n) is 8.83. The molecule has 144 valence electrons. The fourth-order valence-corrected chi connectivity index (χ4v) is 2.90. The second-order valence-electron chi connectivity index (χ2n) is 6.07. The van der Waals surface area contributed by atoms with Gasteiger partial charge in [-0.15, -0.1) is 24.0 Å². The van der Waals surface area contributed by atoms with Crippen molar-refractivity contribution in [3.63, 3.8) is 0 Å². The van der Waals surface area contributed by atoms with Crippen molar-refractivity contribution < 1.29 is 9.47 Å². The maximum absolute atomic E-state index is 5.48. The van der Waals surface area contributed by atoms with Gasteiger partial charge in [-0.25, -0.2) is 0 Å². The summed E-state index contributed by atoms with van der Waals surface area (Å²) >= 11 is 0. The molecule has 1 unspecified atom stereocenters. The average molecular weight is 465 g/mol. The van der Waals surface area contributed by atoms with Crippen LogP contribution in [0.5, 0.6) is 0 Å². The van der Waals surface area contributed by atoms with Gasteiger partial charge in [0.2, 0.25) is 0 Å². The van der Waals surface area contributed by atoms with Gasteiger partial charge in [-0.1, -0.05) is 0 Å². The van der Waals surface area contributed by atoms with Gasteiger partial charge in [-0.3, -0.25) is 9.67 Å². The monoisotopic (exact) mass is 465 g/mol. The highest BCUT2D eigenvalue weighted by molar-refractivity contribution is 14.0. The summed E-state index contributed by atoms with van der Waals surface area (Å²) in [5.74, 6) is 1.56. The number of aromatic nitrogens is 2. The molecule has 25 heavy (non-hydrogen) atoms. The van der Waals surface area contributed by atoms with Crippen molar-refractivity contribution in [3.8, 4) is 0 Å². The minimum atomic E-state index is 0. The van der Waals surface area contributed by atoms with Crippen molar-refractivity contribution in [2.75, 3.05) is 53.1 Å². The average Bonchev–Trinajstić information content (AvgIpc) is 3.22. The molecule has 0 bridgehead atoms. The zero-order chi connectivity index (χ0) is 17.2. The number of ether oxygens (including phenoxy) is 2. The number of guanidine groups is 1. The summed E-state index contributed by atoms with van der Waals surface area (Å²) in [7, 11) is 3.65. The Balaban J connectivity index is 0.00000312. The van der Waals surface area contributed by atoms with E-state index in [0.717, 1.165) is 51.6 Å². The lowest BCUT2D eigenvalue weighted by Crippen LogP contribution is -2.40. The predicted octanol–water partition coefficient (Wildman–Crippen LogP) is 1.85. The summed E-state index contributed by atoms with van der Waals surface area (Å²) in [5.41, 5.74) is 1.32. The molecule has 2 rings (SSSR count). The zero-order valence-electron chi connectivity index (χ0n) is 15.6. The number of aliphatic imine (C=N–C) groups is 1. The summed E-state index contributed by atoms with van der Waals surface area (Å²) in [5, 5.41) is 7.70. The first-order chi connectivity index (χ1) is 11.7. The maximum atomic E-state index is 5.48. The van der Waals surface area contributed by atoms with E-state index in [0.29, 0.717) is 19.1 Å². The fourth-order valence-electron chi connectivity index (χ4n) is 2.90. The number of methoxy groups -OCH3 is 1. The molecule has 1 aliphatic heterocycles. The SMILES string of the molecule is CCNC(=NCCCOCCOC)N1CCC(c2cnn(C)c2)C1.I. The summed E-state index contributed by atoms with van der Waals surface area (Å²) in [4.78, 5) is 7.10. The largest absolute Gasteiger partial charge is 0.382 e. The molecule has 7 nitrogen and oxygen atoms in total. The Bertz CT molecular complexity index is 509. The van der Waals surface area contributed by atoms with E-state index in [2.05, 4.69) is 28.4 Å². The van der Waals surface area contributed by atoms with Gasteiger partial charge >= 0.3 is 0 Å². The molecular formula is C17H32IN5O2. The molecule has 1 aliphatic rings. The van der Waals surface area contributed by atoms with Crippen LogP contribution in [0.3, 0.4) is 0 Å². The fraction of sp³-hybridized carbons (Fsp3) is 0.765. The molecule has 1 saturated heterocycles. The topological polar surface area (TPSA) is 63.9 Å². The highest BCUT2D eigenvalue weighted by Gasteiger charge is 2.26. The Morgan fingerprint density at radius 1 is 1.40 bits per heavy atom. The van der Waals surface area contributed by atoms with E-state index in [-0.39, 0.29) is 24.0 Å². The minimum absolute atomic E-state index is 0. The quantitative estimate of drug-likeness (QED) is 0.261. The third-order valence-electron chi connectivity index (χ3n) is 4.16. The molecule has 1 fully saturated rings. The smallest absolute Gasteiger partial charge is 0.193 e. The number of hydrogen-bond donors (Lipinski definition) is 1. The number of nitrogens with one attached hydrogen (secondary N) is 1. The predicted molar refractivity (Wildman–Crippen MR) is 111 cm³/mol. The van der Waals surface area contributed by atoms with Gasteiger partial charge in [0, 0.05) is 59.1 Å². The standard InChI is InChI=1S/C17H31N5O2.HI/c1-4-18-17(19-7-5-9-24-11-10-23-3)22-8-6-15(14-22)16-12-20-21(2)13-16;/h12-13,15H,4-11,14H2,1-3H3,(H,18,19);1H. The van der Waals surface area contributed by atoms with Crippen LogP contribution in [-0.2, 0) is 16.5 Å². The first-order valence-corrected chi connectivity index (χ1v) is 8.83. The van der Waals surface area contributed by atoms with Crippen LogP contribution in [0.15, 0.2) is 17.4 Å². The van der Waals surface area contributed by atoms with Crippen LogP contribution in [-0.4, -0.2) is 73.7 Å². The highest BCUT2D eigenvalue weighted by atomic mass is 127. The van der Waals surface area contributed by atoms with Gasteiger partial charge in [0.25, 0.3) is 0 Å². The Hall–Kier alpha value is -0.870. The number of halogens is 1. The maximum Gasteiger partial charge on any atom is 0.193 e. The minimum Gasteiger partial charge on any atom is -0.382 e. The third-order valence-corrected chi connectivity index (χ3v) is 4.16. The van der Waals surface area contributed by atoms with Gasteiger partial charge in [-0.2, -0.15) is 5.10 Å². The molecule has 0 aromatic carbocycles. The zero-order valence-corrected chi connectivity index (χ0v) is 17.9. The Morgan fingerprint density at radius 3 is 2.92 bits per heavy atom. The molecule has 1 N–H and O–H groups in total. The molecule has 1 aromatic heterocycles. The van der Waals surface area contributed by atoms with Crippen molar-refractivity contribution >= 4 is 29.9 Å². The lowest BCUT2D eigenvalue weighted by molar-refractivity contribution is 0.0702. The van der Waals surface area contributed by atoms with Crippen LogP contribution in [0.4, 0.5) is 0 Å². The van der Waals surface area contributed by atoms with Gasteiger partial charge in [0.15, 0.2) is 5.96 Å². The summed E-state index contributed by atoms with van der Waals surface area (Å²) in [6, 6.07) is 0. The normalized spacial score (nSPS) is 17.6. The number of nitrogens with zero attached hydrogens (tertiary/aromatic N) is 4. The lowest BCUT2D eigenvalue weighted by atomic mass is 10.0. The molecule has 0 aliphatic carbocycles. The van der Waals surface area contributed by atoms with Crippen LogP contribution < -0.4 is 5.32 Å². The molecule has 0 spiro atoms. The van der Waals surface area contributed by atoms with Crippen molar-refractivity contribution in [1.29, 1.82) is 0 Å². The number of hydrogen-bond acceptors (Lipinski definition) is 4. The molecular weight excluding hydrogens is 433 g/mol. The second kappa shape index (κ2) is 12.5. The van der Waals surface area contributed by atoms with Crippen molar-refractivity contribution in [2.45, 2.75) is 25.7 Å². The van der Waals surface area contributed by atoms with E-state index < -0.39 is 0 Å². The lowest BCUT2D eigenvalue weighted by Gasteiger charge is -2.21.